The van der Waals surface area contributed by atoms with Gasteiger partial charge in [0.1, 0.15) is 5.25 Å². The molecule has 0 amide bonds. The fourth-order valence-corrected chi connectivity index (χ4v) is 4.78. The van der Waals surface area contributed by atoms with Crippen molar-refractivity contribution in [3.8, 4) is 5.69 Å². The van der Waals surface area contributed by atoms with Gasteiger partial charge in [-0.2, -0.15) is 0 Å². The molecule has 1 fully saturated rings. The summed E-state index contributed by atoms with van der Waals surface area (Å²) in [5.41, 5.74) is 4.62. The molecule has 3 aromatic rings. The van der Waals surface area contributed by atoms with Crippen LogP contribution < -0.4 is 5.32 Å². The number of carbonyl (C=O) groups is 1. The lowest BCUT2D eigenvalue weighted by molar-refractivity contribution is -0.136. The molecule has 1 aliphatic rings. The van der Waals surface area contributed by atoms with E-state index in [2.05, 4.69) is 66.2 Å². The van der Waals surface area contributed by atoms with Crippen molar-refractivity contribution < 1.29 is 9.90 Å². The van der Waals surface area contributed by atoms with Crippen LogP contribution in [0.2, 0.25) is 0 Å². The van der Waals surface area contributed by atoms with Crippen molar-refractivity contribution >= 4 is 28.5 Å². The standard InChI is InChI=1S/C20H20N2O2S/c1-12-9-17(19-21-11-18(25-19)20(23)24)13(2)22(12)16-8-7-14-5-3-4-6-15(14)10-16/h3-10,18-19,21H,11H2,1-2H3,(H,23,24)/t18-,19-/m0/s1. The zero-order chi connectivity index (χ0) is 17.6. The monoisotopic (exact) mass is 352 g/mol. The number of aliphatic carboxylic acids is 1. The lowest BCUT2D eigenvalue weighted by Gasteiger charge is -2.13. The maximum Gasteiger partial charge on any atom is 0.318 e. The molecule has 4 nitrogen and oxygen atoms in total. The Morgan fingerprint density at radius 2 is 1.92 bits per heavy atom. The zero-order valence-corrected chi connectivity index (χ0v) is 15.0. The van der Waals surface area contributed by atoms with E-state index in [9.17, 15) is 9.90 Å². The van der Waals surface area contributed by atoms with Crippen molar-refractivity contribution in [2.75, 3.05) is 6.54 Å². The number of thioether (sulfide) groups is 1. The van der Waals surface area contributed by atoms with Crippen LogP contribution in [0.25, 0.3) is 16.5 Å². The highest BCUT2D eigenvalue weighted by molar-refractivity contribution is 8.01. The van der Waals surface area contributed by atoms with Crippen molar-refractivity contribution in [2.24, 2.45) is 0 Å². The Kier molecular flexibility index (Phi) is 4.06. The first-order valence-corrected chi connectivity index (χ1v) is 9.28. The topological polar surface area (TPSA) is 54.3 Å². The molecule has 2 heterocycles. The third-order valence-electron chi connectivity index (χ3n) is 4.81. The minimum Gasteiger partial charge on any atom is -0.480 e. The summed E-state index contributed by atoms with van der Waals surface area (Å²) in [6.07, 6.45) is 0. The van der Waals surface area contributed by atoms with Crippen LogP contribution in [0, 0.1) is 13.8 Å². The number of rotatable bonds is 3. The van der Waals surface area contributed by atoms with E-state index in [1.807, 2.05) is 6.07 Å². The van der Waals surface area contributed by atoms with Crippen LogP contribution in [0.4, 0.5) is 0 Å². The molecule has 2 aromatic carbocycles. The Balaban J connectivity index is 1.73. The molecule has 4 rings (SSSR count). The molecule has 1 aromatic heterocycles. The summed E-state index contributed by atoms with van der Waals surface area (Å²) in [7, 11) is 0. The molecule has 2 N–H and O–H groups in total. The highest BCUT2D eigenvalue weighted by Crippen LogP contribution is 2.38. The maximum absolute atomic E-state index is 11.2. The molecule has 0 spiro atoms. The number of benzene rings is 2. The van der Waals surface area contributed by atoms with E-state index in [0.717, 1.165) is 17.1 Å². The van der Waals surface area contributed by atoms with Crippen molar-refractivity contribution in [3.63, 3.8) is 0 Å². The van der Waals surface area contributed by atoms with E-state index in [-0.39, 0.29) is 10.6 Å². The second kappa shape index (κ2) is 6.24. The average molecular weight is 352 g/mol. The summed E-state index contributed by atoms with van der Waals surface area (Å²) in [5, 5.41) is 14.6. The van der Waals surface area contributed by atoms with Crippen molar-refractivity contribution in [1.82, 2.24) is 9.88 Å². The molecule has 5 heteroatoms. The molecular weight excluding hydrogens is 332 g/mol. The predicted molar refractivity (Wildman–Crippen MR) is 103 cm³/mol. The quantitative estimate of drug-likeness (QED) is 0.747. The number of hydrogen-bond acceptors (Lipinski definition) is 3. The van der Waals surface area contributed by atoms with Gasteiger partial charge in [0, 0.05) is 29.2 Å². The summed E-state index contributed by atoms with van der Waals surface area (Å²) in [6, 6.07) is 17.0. The molecule has 1 saturated heterocycles. The van der Waals surface area contributed by atoms with Gasteiger partial charge in [0.05, 0.1) is 5.37 Å². The van der Waals surface area contributed by atoms with E-state index < -0.39 is 5.97 Å². The van der Waals surface area contributed by atoms with Crippen LogP contribution in [-0.4, -0.2) is 27.4 Å². The van der Waals surface area contributed by atoms with E-state index in [1.54, 1.807) is 0 Å². The fourth-order valence-electron chi connectivity index (χ4n) is 3.57. The predicted octanol–water partition coefficient (Wildman–Crippen LogP) is 4.04. The second-order valence-electron chi connectivity index (χ2n) is 6.44. The van der Waals surface area contributed by atoms with E-state index in [1.165, 1.54) is 28.1 Å². The molecule has 0 aliphatic carbocycles. The summed E-state index contributed by atoms with van der Waals surface area (Å²) in [6.45, 7) is 4.71. The Morgan fingerprint density at radius 1 is 1.16 bits per heavy atom. The lowest BCUT2D eigenvalue weighted by atomic mass is 10.1. The minimum absolute atomic E-state index is 0.0292. The van der Waals surface area contributed by atoms with Crippen molar-refractivity contribution in [1.29, 1.82) is 0 Å². The summed E-state index contributed by atoms with van der Waals surface area (Å²) in [5.74, 6) is -0.747. The number of nitrogens with one attached hydrogen (secondary N) is 1. The van der Waals surface area contributed by atoms with Gasteiger partial charge in [0.15, 0.2) is 0 Å². The molecule has 128 valence electrons. The van der Waals surface area contributed by atoms with Crippen LogP contribution in [-0.2, 0) is 4.79 Å². The van der Waals surface area contributed by atoms with E-state index >= 15 is 0 Å². The lowest BCUT2D eigenvalue weighted by Crippen LogP contribution is -2.21. The Hall–Kier alpha value is -2.24. The molecule has 25 heavy (non-hydrogen) atoms. The first-order chi connectivity index (χ1) is 12.0. The van der Waals surface area contributed by atoms with Crippen LogP contribution in [0.15, 0.2) is 48.5 Å². The Labute approximate surface area is 150 Å². The van der Waals surface area contributed by atoms with Gasteiger partial charge in [0.2, 0.25) is 0 Å². The first kappa shape index (κ1) is 16.2. The Bertz CT molecular complexity index is 963. The van der Waals surface area contributed by atoms with Gasteiger partial charge in [0.25, 0.3) is 0 Å². The van der Waals surface area contributed by atoms with E-state index in [0.29, 0.717) is 6.54 Å². The average Bonchev–Trinajstić information content (AvgIpc) is 3.19. The van der Waals surface area contributed by atoms with Crippen LogP contribution in [0.1, 0.15) is 22.3 Å². The normalized spacial score (nSPS) is 20.2. The number of aryl methyl sites for hydroxylation is 1. The number of hydrogen-bond donors (Lipinski definition) is 2. The Morgan fingerprint density at radius 3 is 2.64 bits per heavy atom. The highest BCUT2D eigenvalue weighted by Gasteiger charge is 2.32. The number of nitrogens with zero attached hydrogens (tertiary/aromatic N) is 1. The van der Waals surface area contributed by atoms with Gasteiger partial charge >= 0.3 is 5.97 Å². The highest BCUT2D eigenvalue weighted by atomic mass is 32.2. The molecule has 0 bridgehead atoms. The van der Waals surface area contributed by atoms with E-state index in [4.69, 9.17) is 0 Å². The largest absolute Gasteiger partial charge is 0.480 e. The summed E-state index contributed by atoms with van der Waals surface area (Å²) >= 11 is 1.48. The summed E-state index contributed by atoms with van der Waals surface area (Å²) < 4.78 is 2.25. The third kappa shape index (κ3) is 2.83. The van der Waals surface area contributed by atoms with Gasteiger partial charge in [-0.1, -0.05) is 30.3 Å². The van der Waals surface area contributed by atoms with Gasteiger partial charge in [-0.3, -0.25) is 10.1 Å². The van der Waals surface area contributed by atoms with Crippen molar-refractivity contribution in [2.45, 2.75) is 24.5 Å². The molecule has 2 atom stereocenters. The van der Waals surface area contributed by atoms with Crippen LogP contribution >= 0.6 is 11.8 Å². The number of fused-ring (bicyclic) bond motifs is 1. The minimum atomic E-state index is -0.747. The molecule has 0 radical (unpaired) electrons. The van der Waals surface area contributed by atoms with Crippen LogP contribution in [0.5, 0.6) is 0 Å². The molecule has 1 aliphatic heterocycles. The number of aromatic nitrogens is 1. The number of carboxylic acids is 1. The SMILES string of the molecule is Cc1cc([C@H]2NC[C@@H](C(=O)O)S2)c(C)n1-c1ccc2ccccc2c1. The maximum atomic E-state index is 11.2. The van der Waals surface area contributed by atoms with Gasteiger partial charge < -0.3 is 9.67 Å². The van der Waals surface area contributed by atoms with Gasteiger partial charge in [-0.05, 0) is 42.8 Å². The number of carboxylic acid groups (broad SMARTS) is 1. The molecule has 0 unspecified atom stereocenters. The molecular formula is C20H20N2O2S. The third-order valence-corrected chi connectivity index (χ3v) is 6.20. The van der Waals surface area contributed by atoms with Crippen LogP contribution in [0.3, 0.4) is 0 Å². The summed E-state index contributed by atoms with van der Waals surface area (Å²) in [4.78, 5) is 11.2. The van der Waals surface area contributed by atoms with Gasteiger partial charge in [-0.25, -0.2) is 0 Å². The smallest absolute Gasteiger partial charge is 0.318 e. The zero-order valence-electron chi connectivity index (χ0n) is 14.2. The first-order valence-electron chi connectivity index (χ1n) is 8.34. The molecule has 0 saturated carbocycles. The fraction of sp³-hybridized carbons (Fsp3) is 0.250. The second-order valence-corrected chi connectivity index (χ2v) is 7.76. The van der Waals surface area contributed by atoms with Crippen molar-refractivity contribution in [3.05, 3.63) is 65.5 Å². The van der Waals surface area contributed by atoms with Gasteiger partial charge in [-0.15, -0.1) is 11.8 Å².